The second kappa shape index (κ2) is 4.80. The molecule has 3 rings (SSSR count). The maximum atomic E-state index is 6.33. The lowest BCUT2D eigenvalue weighted by molar-refractivity contribution is 0.278. The summed E-state index contributed by atoms with van der Waals surface area (Å²) in [6, 6.07) is 7.81. The van der Waals surface area contributed by atoms with Gasteiger partial charge in [0.1, 0.15) is 0 Å². The second-order valence-corrected chi connectivity index (χ2v) is 7.18. The summed E-state index contributed by atoms with van der Waals surface area (Å²) in [5, 5.41) is 1.31. The van der Waals surface area contributed by atoms with Gasteiger partial charge in [-0.25, -0.2) is 0 Å². The van der Waals surface area contributed by atoms with Gasteiger partial charge in [0.2, 0.25) is 0 Å². The molecule has 4 heteroatoms. The van der Waals surface area contributed by atoms with Crippen LogP contribution in [0.3, 0.4) is 0 Å². The Morgan fingerprint density at radius 1 is 1.25 bits per heavy atom. The molecule has 1 atom stereocenters. The number of aromatic nitrogens is 1. The number of fused-ring (bicyclic) bond motifs is 1. The van der Waals surface area contributed by atoms with Crippen molar-refractivity contribution in [2.24, 2.45) is 11.1 Å². The Balaban J connectivity index is 2.13. The molecule has 1 aliphatic rings. The topological polar surface area (TPSA) is 30.9 Å². The molecule has 0 radical (unpaired) electrons. The highest BCUT2D eigenvalue weighted by Crippen LogP contribution is 2.41. The summed E-state index contributed by atoms with van der Waals surface area (Å²) >= 11 is 12.3. The van der Waals surface area contributed by atoms with E-state index in [4.69, 9.17) is 28.9 Å². The van der Waals surface area contributed by atoms with Gasteiger partial charge in [0.25, 0.3) is 0 Å². The van der Waals surface area contributed by atoms with Crippen molar-refractivity contribution in [2.45, 2.75) is 32.7 Å². The molecule has 0 amide bonds. The molecular formula is C16H18Cl2N2. The number of rotatable bonds is 1. The van der Waals surface area contributed by atoms with Crippen LogP contribution in [0.1, 0.15) is 37.6 Å². The van der Waals surface area contributed by atoms with Crippen LogP contribution < -0.4 is 5.73 Å². The van der Waals surface area contributed by atoms with Gasteiger partial charge < -0.3 is 10.3 Å². The van der Waals surface area contributed by atoms with Crippen LogP contribution >= 0.6 is 23.2 Å². The fraction of sp³-hybridized carbons (Fsp3) is 0.375. The minimum absolute atomic E-state index is 0.0982. The lowest BCUT2D eigenvalue weighted by Gasteiger charge is -2.34. The Kier molecular flexibility index (Phi) is 3.36. The summed E-state index contributed by atoms with van der Waals surface area (Å²) in [4.78, 5) is 0. The molecule has 0 aliphatic heterocycles. The number of hydrogen-bond acceptors (Lipinski definition) is 1. The van der Waals surface area contributed by atoms with Crippen LogP contribution in [0.4, 0.5) is 0 Å². The first-order valence-electron chi connectivity index (χ1n) is 6.78. The number of nitrogens with two attached hydrogens (primary N) is 1. The molecule has 0 fully saturated rings. The van der Waals surface area contributed by atoms with E-state index in [9.17, 15) is 0 Å². The maximum Gasteiger partial charge on any atom is 0.0661 e. The van der Waals surface area contributed by atoms with Gasteiger partial charge in [-0.3, -0.25) is 0 Å². The molecule has 2 aromatic rings. The Morgan fingerprint density at radius 3 is 2.70 bits per heavy atom. The summed E-state index contributed by atoms with van der Waals surface area (Å²) in [5.74, 6) is 0. The first kappa shape index (κ1) is 14.0. The molecule has 0 bridgehead atoms. The molecule has 0 spiro atoms. The van der Waals surface area contributed by atoms with Crippen molar-refractivity contribution in [1.82, 2.24) is 4.57 Å². The van der Waals surface area contributed by atoms with Crippen molar-refractivity contribution >= 4 is 23.2 Å². The molecule has 0 saturated heterocycles. The standard InChI is InChI=1S/C16H18Cl2N2/c1-16(2)8-13(19)11-5-6-20(15(11)9-16)14-4-3-10(17)7-12(14)18/h3-7,13H,8-9,19H2,1-2H3. The number of hydrogen-bond donors (Lipinski definition) is 1. The SMILES string of the molecule is CC1(C)Cc2c(ccn2-c2ccc(Cl)cc2Cl)C(N)C1. The second-order valence-electron chi connectivity index (χ2n) is 6.34. The highest BCUT2D eigenvalue weighted by Gasteiger charge is 2.32. The van der Waals surface area contributed by atoms with Gasteiger partial charge in [-0.2, -0.15) is 0 Å². The van der Waals surface area contributed by atoms with Gasteiger partial charge in [0.15, 0.2) is 0 Å². The molecule has 1 unspecified atom stereocenters. The van der Waals surface area contributed by atoms with E-state index in [0.717, 1.165) is 18.5 Å². The first-order chi connectivity index (χ1) is 9.37. The molecule has 20 heavy (non-hydrogen) atoms. The summed E-state index contributed by atoms with van der Waals surface area (Å²) in [6.07, 6.45) is 4.07. The minimum Gasteiger partial charge on any atom is -0.324 e. The van der Waals surface area contributed by atoms with E-state index in [-0.39, 0.29) is 11.5 Å². The average Bonchev–Trinajstić information content (AvgIpc) is 2.71. The van der Waals surface area contributed by atoms with E-state index in [1.807, 2.05) is 12.1 Å². The molecule has 1 aliphatic carbocycles. The average molecular weight is 309 g/mol. The summed E-state index contributed by atoms with van der Waals surface area (Å²) in [6.45, 7) is 4.52. The normalized spacial score (nSPS) is 20.8. The van der Waals surface area contributed by atoms with Crippen LogP contribution in [0.25, 0.3) is 5.69 Å². The van der Waals surface area contributed by atoms with Crippen molar-refractivity contribution in [3.05, 3.63) is 51.8 Å². The van der Waals surface area contributed by atoms with Crippen LogP contribution in [0.15, 0.2) is 30.5 Å². The zero-order valence-electron chi connectivity index (χ0n) is 11.7. The summed E-state index contributed by atoms with van der Waals surface area (Å²) in [7, 11) is 0. The van der Waals surface area contributed by atoms with E-state index >= 15 is 0 Å². The van der Waals surface area contributed by atoms with E-state index < -0.39 is 0 Å². The first-order valence-corrected chi connectivity index (χ1v) is 7.54. The molecule has 1 aromatic heterocycles. The zero-order valence-corrected chi connectivity index (χ0v) is 13.2. The Hall–Kier alpha value is -0.960. The minimum atomic E-state index is 0.0982. The van der Waals surface area contributed by atoms with Gasteiger partial charge in [0, 0.05) is 23.0 Å². The third-order valence-electron chi connectivity index (χ3n) is 4.01. The summed E-state index contributed by atoms with van der Waals surface area (Å²) < 4.78 is 2.15. The third kappa shape index (κ3) is 2.37. The van der Waals surface area contributed by atoms with Crippen molar-refractivity contribution < 1.29 is 0 Å². The molecule has 1 heterocycles. The quantitative estimate of drug-likeness (QED) is 0.809. The van der Waals surface area contributed by atoms with Crippen molar-refractivity contribution in [3.8, 4) is 5.69 Å². The molecule has 2 nitrogen and oxygen atoms in total. The van der Waals surface area contributed by atoms with E-state index in [2.05, 4.69) is 30.7 Å². The predicted octanol–water partition coefficient (Wildman–Crippen LogP) is 4.76. The Labute approximate surface area is 129 Å². The Morgan fingerprint density at radius 2 is 2.00 bits per heavy atom. The lowest BCUT2D eigenvalue weighted by Crippen LogP contribution is -2.30. The highest BCUT2D eigenvalue weighted by atomic mass is 35.5. The van der Waals surface area contributed by atoms with Gasteiger partial charge in [0.05, 0.1) is 10.7 Å². The van der Waals surface area contributed by atoms with Crippen LogP contribution in [-0.2, 0) is 6.42 Å². The van der Waals surface area contributed by atoms with Crippen LogP contribution in [0.2, 0.25) is 10.0 Å². The predicted molar refractivity (Wildman–Crippen MR) is 84.8 cm³/mol. The molecular weight excluding hydrogens is 291 g/mol. The Bertz CT molecular complexity index is 658. The number of halogens is 2. The monoisotopic (exact) mass is 308 g/mol. The van der Waals surface area contributed by atoms with Gasteiger partial charge in [-0.15, -0.1) is 0 Å². The molecule has 1 aromatic carbocycles. The van der Waals surface area contributed by atoms with Crippen LogP contribution in [0.5, 0.6) is 0 Å². The molecule has 0 saturated carbocycles. The third-order valence-corrected chi connectivity index (χ3v) is 4.55. The molecule has 2 N–H and O–H groups in total. The lowest BCUT2D eigenvalue weighted by atomic mass is 9.74. The van der Waals surface area contributed by atoms with Gasteiger partial charge >= 0.3 is 0 Å². The summed E-state index contributed by atoms with van der Waals surface area (Å²) in [5.41, 5.74) is 9.97. The van der Waals surface area contributed by atoms with E-state index in [0.29, 0.717) is 10.0 Å². The fourth-order valence-electron chi connectivity index (χ4n) is 3.14. The highest BCUT2D eigenvalue weighted by molar-refractivity contribution is 6.35. The fourth-order valence-corrected chi connectivity index (χ4v) is 3.64. The molecule has 106 valence electrons. The van der Waals surface area contributed by atoms with Crippen molar-refractivity contribution in [3.63, 3.8) is 0 Å². The van der Waals surface area contributed by atoms with Crippen molar-refractivity contribution in [1.29, 1.82) is 0 Å². The van der Waals surface area contributed by atoms with E-state index in [1.54, 1.807) is 6.07 Å². The maximum absolute atomic E-state index is 6.33. The number of benzene rings is 1. The van der Waals surface area contributed by atoms with Gasteiger partial charge in [-0.1, -0.05) is 37.0 Å². The van der Waals surface area contributed by atoms with Crippen LogP contribution in [0, 0.1) is 5.41 Å². The van der Waals surface area contributed by atoms with Crippen LogP contribution in [-0.4, -0.2) is 4.57 Å². The van der Waals surface area contributed by atoms with Gasteiger partial charge in [-0.05, 0) is 48.1 Å². The number of nitrogens with zero attached hydrogens (tertiary/aromatic N) is 1. The largest absolute Gasteiger partial charge is 0.324 e. The smallest absolute Gasteiger partial charge is 0.0661 e. The zero-order chi connectivity index (χ0) is 14.5. The van der Waals surface area contributed by atoms with Crippen molar-refractivity contribution in [2.75, 3.05) is 0 Å². The van der Waals surface area contributed by atoms with E-state index in [1.165, 1.54) is 11.3 Å².